The van der Waals surface area contributed by atoms with Crippen LogP contribution in [0.1, 0.15) is 43.0 Å². The van der Waals surface area contributed by atoms with Gasteiger partial charge in [0.25, 0.3) is 15.9 Å². The largest absolute Gasteiger partial charge is 0.490 e. The Morgan fingerprint density at radius 3 is 2.55 bits per heavy atom. The second-order valence-corrected chi connectivity index (χ2v) is 9.69. The molecule has 0 saturated carbocycles. The number of anilines is 1. The fourth-order valence-corrected chi connectivity index (χ4v) is 5.04. The van der Waals surface area contributed by atoms with E-state index in [0.717, 1.165) is 32.4 Å². The number of hydrogen-bond donors (Lipinski definition) is 1. The summed E-state index contributed by atoms with van der Waals surface area (Å²) < 4.78 is 39.4. The van der Waals surface area contributed by atoms with Crippen LogP contribution in [-0.4, -0.2) is 45.5 Å². The first-order valence-electron chi connectivity index (χ1n) is 10.8. The molecule has 2 aliphatic heterocycles. The van der Waals surface area contributed by atoms with Crippen LogP contribution in [0.4, 0.5) is 5.69 Å². The molecular weight excluding hydrogens is 416 g/mol. The monoisotopic (exact) mass is 444 g/mol. The van der Waals surface area contributed by atoms with Crippen molar-refractivity contribution in [3.05, 3.63) is 48.0 Å². The van der Waals surface area contributed by atoms with Gasteiger partial charge in [0.05, 0.1) is 18.1 Å². The molecule has 2 aromatic rings. The number of likely N-dealkylation sites (tertiary alicyclic amines) is 1. The van der Waals surface area contributed by atoms with Crippen LogP contribution in [0.2, 0.25) is 0 Å². The highest BCUT2D eigenvalue weighted by atomic mass is 32.2. The predicted octanol–water partition coefficient (Wildman–Crippen LogP) is 3.91. The second-order valence-electron chi connectivity index (χ2n) is 8.01. The second kappa shape index (κ2) is 9.18. The molecule has 1 saturated heterocycles. The lowest BCUT2D eigenvalue weighted by Gasteiger charge is -2.32. The predicted molar refractivity (Wildman–Crippen MR) is 118 cm³/mol. The van der Waals surface area contributed by atoms with Crippen molar-refractivity contribution < 1.29 is 22.7 Å². The number of benzene rings is 2. The first kappa shape index (κ1) is 21.5. The summed E-state index contributed by atoms with van der Waals surface area (Å²) in [6.45, 7) is 4.73. The lowest BCUT2D eigenvalue weighted by atomic mass is 9.95. The van der Waals surface area contributed by atoms with Gasteiger partial charge in [0, 0.05) is 36.8 Å². The summed E-state index contributed by atoms with van der Waals surface area (Å²) in [5.74, 6) is 1.52. The van der Waals surface area contributed by atoms with Gasteiger partial charge in [0.1, 0.15) is 0 Å². The van der Waals surface area contributed by atoms with E-state index in [1.54, 1.807) is 30.3 Å². The molecule has 0 spiro atoms. The summed E-state index contributed by atoms with van der Waals surface area (Å²) >= 11 is 0. The minimum atomic E-state index is -3.80. The Bertz CT molecular complexity index is 1040. The van der Waals surface area contributed by atoms with Crippen LogP contribution >= 0.6 is 0 Å². The lowest BCUT2D eigenvalue weighted by molar-refractivity contribution is 0.0671. The Morgan fingerprint density at radius 2 is 1.81 bits per heavy atom. The molecule has 7 nitrogen and oxygen atoms in total. The van der Waals surface area contributed by atoms with E-state index in [1.807, 2.05) is 4.90 Å². The fraction of sp³-hybridized carbons (Fsp3) is 0.435. The summed E-state index contributed by atoms with van der Waals surface area (Å²) in [5.41, 5.74) is 0.962. The highest BCUT2D eigenvalue weighted by Gasteiger charge is 2.24. The quantitative estimate of drug-likeness (QED) is 0.756. The molecule has 4 rings (SSSR count). The van der Waals surface area contributed by atoms with Gasteiger partial charge in [-0.15, -0.1) is 0 Å². The number of nitrogens with zero attached hydrogens (tertiary/aromatic N) is 1. The molecule has 2 heterocycles. The molecule has 1 fully saturated rings. The molecule has 1 unspecified atom stereocenters. The number of carbonyl (C=O) groups is 1. The number of fused-ring (bicyclic) bond motifs is 1. The van der Waals surface area contributed by atoms with Gasteiger partial charge in [0.2, 0.25) is 0 Å². The third kappa shape index (κ3) is 4.95. The Labute approximate surface area is 183 Å². The summed E-state index contributed by atoms with van der Waals surface area (Å²) in [7, 11) is -3.80. The molecule has 166 valence electrons. The Morgan fingerprint density at radius 1 is 1.06 bits per heavy atom. The van der Waals surface area contributed by atoms with E-state index < -0.39 is 10.0 Å². The van der Waals surface area contributed by atoms with Crippen molar-refractivity contribution in [3.63, 3.8) is 0 Å². The van der Waals surface area contributed by atoms with Crippen LogP contribution in [0, 0.1) is 5.92 Å². The lowest BCUT2D eigenvalue weighted by Crippen LogP contribution is -2.39. The smallest absolute Gasteiger partial charge is 0.262 e. The average molecular weight is 445 g/mol. The number of carbonyl (C=O) groups excluding carboxylic acids is 1. The van der Waals surface area contributed by atoms with E-state index >= 15 is 0 Å². The van der Waals surface area contributed by atoms with Crippen LogP contribution in [0.5, 0.6) is 11.5 Å². The summed E-state index contributed by atoms with van der Waals surface area (Å²) in [6.07, 6.45) is 4.01. The van der Waals surface area contributed by atoms with Gasteiger partial charge in [-0.2, -0.15) is 0 Å². The van der Waals surface area contributed by atoms with E-state index in [-0.39, 0.29) is 10.8 Å². The van der Waals surface area contributed by atoms with Crippen molar-refractivity contribution in [1.82, 2.24) is 4.90 Å². The highest BCUT2D eigenvalue weighted by molar-refractivity contribution is 7.92. The van der Waals surface area contributed by atoms with Crippen molar-refractivity contribution >= 4 is 21.6 Å². The van der Waals surface area contributed by atoms with Crippen LogP contribution < -0.4 is 14.2 Å². The molecule has 1 N–H and O–H groups in total. The molecule has 0 bridgehead atoms. The molecular formula is C23H28N2O5S. The van der Waals surface area contributed by atoms with E-state index in [9.17, 15) is 13.2 Å². The molecule has 2 aromatic carbocycles. The Balaban J connectivity index is 1.46. The molecule has 8 heteroatoms. The highest BCUT2D eigenvalue weighted by Crippen LogP contribution is 2.32. The van der Waals surface area contributed by atoms with Crippen LogP contribution in [0.25, 0.3) is 0 Å². The number of ether oxygens (including phenoxy) is 2. The van der Waals surface area contributed by atoms with Crippen LogP contribution in [0.15, 0.2) is 47.4 Å². The van der Waals surface area contributed by atoms with Crippen molar-refractivity contribution in [2.24, 2.45) is 5.92 Å². The van der Waals surface area contributed by atoms with Gasteiger partial charge < -0.3 is 14.4 Å². The summed E-state index contributed by atoms with van der Waals surface area (Å²) in [4.78, 5) is 14.8. The first-order chi connectivity index (χ1) is 15.0. The van der Waals surface area contributed by atoms with Gasteiger partial charge >= 0.3 is 0 Å². The molecule has 1 amide bonds. The molecule has 1 atom stereocenters. The Kier molecular flexibility index (Phi) is 6.36. The number of piperidine rings is 1. The van der Waals surface area contributed by atoms with Crippen molar-refractivity contribution in [3.8, 4) is 11.5 Å². The molecule has 0 radical (unpaired) electrons. The van der Waals surface area contributed by atoms with E-state index in [4.69, 9.17) is 9.47 Å². The van der Waals surface area contributed by atoms with Gasteiger partial charge in [-0.25, -0.2) is 8.42 Å². The molecule has 2 aliphatic rings. The minimum absolute atomic E-state index is 0.00421. The van der Waals surface area contributed by atoms with E-state index in [2.05, 4.69) is 11.6 Å². The average Bonchev–Trinajstić information content (AvgIpc) is 3.04. The number of amides is 1. The van der Waals surface area contributed by atoms with Crippen molar-refractivity contribution in [2.45, 2.75) is 37.5 Å². The van der Waals surface area contributed by atoms with Gasteiger partial charge in [-0.1, -0.05) is 13.3 Å². The third-order valence-electron chi connectivity index (χ3n) is 5.80. The minimum Gasteiger partial charge on any atom is -0.490 e. The van der Waals surface area contributed by atoms with E-state index in [1.165, 1.54) is 18.6 Å². The fourth-order valence-electron chi connectivity index (χ4n) is 3.97. The molecule has 31 heavy (non-hydrogen) atoms. The normalized spacial score (nSPS) is 18.9. The van der Waals surface area contributed by atoms with Crippen molar-refractivity contribution in [2.75, 3.05) is 31.0 Å². The zero-order valence-corrected chi connectivity index (χ0v) is 18.5. The van der Waals surface area contributed by atoms with Gasteiger partial charge in [-0.3, -0.25) is 9.52 Å². The summed E-state index contributed by atoms with van der Waals surface area (Å²) in [5, 5.41) is 0. The zero-order chi connectivity index (χ0) is 21.8. The topological polar surface area (TPSA) is 84.9 Å². The van der Waals surface area contributed by atoms with Gasteiger partial charge in [-0.05, 0) is 55.2 Å². The third-order valence-corrected chi connectivity index (χ3v) is 7.18. The summed E-state index contributed by atoms with van der Waals surface area (Å²) in [6, 6.07) is 11.2. The Hall–Kier alpha value is -2.74. The van der Waals surface area contributed by atoms with Crippen LogP contribution in [0.3, 0.4) is 0 Å². The SMILES string of the molecule is CCC1CCCN(C(=O)c2ccc(NS(=O)(=O)c3ccc4c(c3)OCCCO4)cc2)C1. The number of hydrogen-bond acceptors (Lipinski definition) is 5. The maximum absolute atomic E-state index is 12.8. The van der Waals surface area contributed by atoms with Crippen LogP contribution in [-0.2, 0) is 10.0 Å². The van der Waals surface area contributed by atoms with Crippen molar-refractivity contribution in [1.29, 1.82) is 0 Å². The molecule has 0 aromatic heterocycles. The molecule has 0 aliphatic carbocycles. The van der Waals surface area contributed by atoms with E-state index in [0.29, 0.717) is 41.9 Å². The number of sulfonamides is 1. The standard InChI is InChI=1S/C23H28N2O5S/c1-2-17-5-3-12-25(16-17)23(26)18-6-8-19(9-7-18)24-31(27,28)20-10-11-21-22(15-20)30-14-4-13-29-21/h6-11,15,17,24H,2-5,12-14,16H2,1H3. The number of rotatable bonds is 5. The zero-order valence-electron chi connectivity index (χ0n) is 17.7. The van der Waals surface area contributed by atoms with Gasteiger partial charge in [0.15, 0.2) is 11.5 Å². The first-order valence-corrected chi connectivity index (χ1v) is 12.3. The maximum atomic E-state index is 12.8. The maximum Gasteiger partial charge on any atom is 0.262 e. The number of nitrogens with one attached hydrogen (secondary N) is 1.